The van der Waals surface area contributed by atoms with Crippen LogP contribution >= 0.6 is 11.6 Å². The highest BCUT2D eigenvalue weighted by molar-refractivity contribution is 6.30. The van der Waals surface area contributed by atoms with E-state index in [1.165, 1.54) is 0 Å². The van der Waals surface area contributed by atoms with Gasteiger partial charge < -0.3 is 9.84 Å². The second kappa shape index (κ2) is 6.95. The molecule has 0 amide bonds. The van der Waals surface area contributed by atoms with Gasteiger partial charge in [0.05, 0.1) is 0 Å². The molecule has 0 fully saturated rings. The van der Waals surface area contributed by atoms with Crippen LogP contribution in [0.5, 0.6) is 5.75 Å². The summed E-state index contributed by atoms with van der Waals surface area (Å²) in [6.45, 7) is 2.35. The molecule has 2 rings (SSSR count). The molecular weight excluding hydrogens is 288 g/mol. The second-order valence-electron chi connectivity index (χ2n) is 4.62. The molecule has 3 nitrogen and oxygen atoms in total. The third kappa shape index (κ3) is 4.65. The van der Waals surface area contributed by atoms with Crippen LogP contribution in [0, 0.1) is 6.92 Å². The van der Waals surface area contributed by atoms with Crippen molar-refractivity contribution in [2.24, 2.45) is 0 Å². The highest BCUT2D eigenvalue weighted by Crippen LogP contribution is 2.22. The number of aliphatic carboxylic acids is 1. The summed E-state index contributed by atoms with van der Waals surface area (Å²) < 4.78 is 5.76. The Morgan fingerprint density at radius 2 is 2.10 bits per heavy atom. The summed E-state index contributed by atoms with van der Waals surface area (Å²) in [7, 11) is 0. The number of benzene rings is 2. The lowest BCUT2D eigenvalue weighted by Gasteiger charge is -2.09. The first-order valence-corrected chi connectivity index (χ1v) is 6.81. The fraction of sp³-hybridized carbons (Fsp3) is 0.118. The number of carboxylic acids is 1. The van der Waals surface area contributed by atoms with E-state index in [4.69, 9.17) is 21.4 Å². The molecule has 0 heterocycles. The molecule has 0 unspecified atom stereocenters. The molecule has 4 heteroatoms. The van der Waals surface area contributed by atoms with Crippen molar-refractivity contribution in [2.45, 2.75) is 13.5 Å². The van der Waals surface area contributed by atoms with E-state index in [2.05, 4.69) is 0 Å². The molecular formula is C17H15ClO3. The molecule has 2 aromatic carbocycles. The molecule has 0 radical (unpaired) electrons. The molecule has 0 aliphatic carbocycles. The first kappa shape index (κ1) is 15.1. The predicted molar refractivity (Wildman–Crippen MR) is 83.6 cm³/mol. The monoisotopic (exact) mass is 302 g/mol. The number of halogens is 1. The lowest BCUT2D eigenvalue weighted by molar-refractivity contribution is -0.131. The zero-order chi connectivity index (χ0) is 15.2. The molecule has 108 valence electrons. The molecule has 0 aliphatic heterocycles. The molecule has 0 atom stereocenters. The first-order valence-electron chi connectivity index (χ1n) is 6.43. The number of hydrogen-bond donors (Lipinski definition) is 1. The highest BCUT2D eigenvalue weighted by Gasteiger charge is 2.01. The third-order valence-electron chi connectivity index (χ3n) is 2.90. The number of ether oxygens (including phenoxy) is 1. The zero-order valence-electron chi connectivity index (χ0n) is 11.5. The number of rotatable bonds is 5. The van der Waals surface area contributed by atoms with Gasteiger partial charge in [-0.3, -0.25) is 0 Å². The Morgan fingerprint density at radius 1 is 1.29 bits per heavy atom. The summed E-state index contributed by atoms with van der Waals surface area (Å²) >= 11 is 5.90. The second-order valence-corrected chi connectivity index (χ2v) is 5.05. The van der Waals surface area contributed by atoms with Gasteiger partial charge in [0, 0.05) is 11.1 Å². The number of carbonyl (C=O) groups is 1. The Bertz CT molecular complexity index is 677. The minimum atomic E-state index is -0.964. The fourth-order valence-corrected chi connectivity index (χ4v) is 2.12. The maximum Gasteiger partial charge on any atom is 0.328 e. The van der Waals surface area contributed by atoms with Crippen molar-refractivity contribution in [2.75, 3.05) is 0 Å². The van der Waals surface area contributed by atoms with Gasteiger partial charge >= 0.3 is 5.97 Å². The van der Waals surface area contributed by atoms with Crippen molar-refractivity contribution in [1.29, 1.82) is 0 Å². The van der Waals surface area contributed by atoms with Crippen LogP contribution in [0.1, 0.15) is 16.7 Å². The van der Waals surface area contributed by atoms with Crippen molar-refractivity contribution in [1.82, 2.24) is 0 Å². The van der Waals surface area contributed by atoms with Crippen LogP contribution in [-0.2, 0) is 11.4 Å². The van der Waals surface area contributed by atoms with Gasteiger partial charge in [-0.05, 0) is 54.0 Å². The van der Waals surface area contributed by atoms with E-state index in [1.807, 2.05) is 43.3 Å². The molecule has 2 aromatic rings. The number of carboxylic acid groups (broad SMARTS) is 1. The van der Waals surface area contributed by atoms with Crippen molar-refractivity contribution < 1.29 is 14.6 Å². The van der Waals surface area contributed by atoms with Crippen LogP contribution in [0.4, 0.5) is 0 Å². The van der Waals surface area contributed by atoms with Crippen molar-refractivity contribution in [3.63, 3.8) is 0 Å². The maximum absolute atomic E-state index is 10.5. The molecule has 0 saturated carbocycles. The van der Waals surface area contributed by atoms with E-state index in [1.54, 1.807) is 12.1 Å². The van der Waals surface area contributed by atoms with E-state index in [0.717, 1.165) is 28.5 Å². The molecule has 0 spiro atoms. The summed E-state index contributed by atoms with van der Waals surface area (Å²) in [5.74, 6) is -0.181. The first-order chi connectivity index (χ1) is 10.0. The van der Waals surface area contributed by atoms with Gasteiger partial charge in [0.25, 0.3) is 0 Å². The van der Waals surface area contributed by atoms with Crippen LogP contribution in [0.3, 0.4) is 0 Å². The van der Waals surface area contributed by atoms with Gasteiger partial charge in [0.1, 0.15) is 12.4 Å². The topological polar surface area (TPSA) is 46.5 Å². The molecule has 0 saturated heterocycles. The Kier molecular flexibility index (Phi) is 5.01. The Balaban J connectivity index is 2.06. The lowest BCUT2D eigenvalue weighted by Crippen LogP contribution is -1.97. The number of hydrogen-bond acceptors (Lipinski definition) is 2. The average Bonchev–Trinajstić information content (AvgIpc) is 2.45. The quantitative estimate of drug-likeness (QED) is 0.836. The molecule has 1 N–H and O–H groups in total. The Labute approximate surface area is 128 Å². The van der Waals surface area contributed by atoms with Gasteiger partial charge in [-0.1, -0.05) is 29.8 Å². The van der Waals surface area contributed by atoms with Crippen molar-refractivity contribution in [3.8, 4) is 5.75 Å². The average molecular weight is 303 g/mol. The molecule has 0 aromatic heterocycles. The van der Waals surface area contributed by atoms with Gasteiger partial charge in [0.15, 0.2) is 0 Å². The van der Waals surface area contributed by atoms with Crippen molar-refractivity contribution in [3.05, 3.63) is 70.3 Å². The Morgan fingerprint density at radius 3 is 2.81 bits per heavy atom. The lowest BCUT2D eigenvalue weighted by atomic mass is 10.1. The van der Waals surface area contributed by atoms with Crippen LogP contribution in [0.15, 0.2) is 48.5 Å². The van der Waals surface area contributed by atoms with Gasteiger partial charge in [-0.2, -0.15) is 0 Å². The predicted octanol–water partition coefficient (Wildman–Crippen LogP) is 4.33. The third-order valence-corrected chi connectivity index (χ3v) is 3.14. The molecule has 0 aliphatic rings. The van der Waals surface area contributed by atoms with Gasteiger partial charge in [-0.15, -0.1) is 0 Å². The normalized spacial score (nSPS) is 10.8. The van der Waals surface area contributed by atoms with E-state index >= 15 is 0 Å². The molecule has 21 heavy (non-hydrogen) atoms. The van der Waals surface area contributed by atoms with Gasteiger partial charge in [0.2, 0.25) is 0 Å². The van der Waals surface area contributed by atoms with E-state index in [0.29, 0.717) is 11.6 Å². The van der Waals surface area contributed by atoms with Crippen LogP contribution in [0.25, 0.3) is 6.08 Å². The summed E-state index contributed by atoms with van der Waals surface area (Å²) in [6.07, 6.45) is 2.67. The summed E-state index contributed by atoms with van der Waals surface area (Å²) in [5.41, 5.74) is 2.77. The summed E-state index contributed by atoms with van der Waals surface area (Å²) in [6, 6.07) is 13.0. The van der Waals surface area contributed by atoms with Crippen molar-refractivity contribution >= 4 is 23.6 Å². The SMILES string of the molecule is Cc1cc(Cl)ccc1OCc1cccc(C=CC(=O)O)c1. The number of aryl methyl sites for hydroxylation is 1. The molecule has 0 bridgehead atoms. The van der Waals surface area contributed by atoms with Gasteiger partial charge in [-0.25, -0.2) is 4.79 Å². The van der Waals surface area contributed by atoms with Crippen LogP contribution in [-0.4, -0.2) is 11.1 Å². The Hall–Kier alpha value is -2.26. The van der Waals surface area contributed by atoms with E-state index < -0.39 is 5.97 Å². The summed E-state index contributed by atoms with van der Waals surface area (Å²) in [4.78, 5) is 10.5. The highest BCUT2D eigenvalue weighted by atomic mass is 35.5. The van der Waals surface area contributed by atoms with Crippen LogP contribution < -0.4 is 4.74 Å². The maximum atomic E-state index is 10.5. The van der Waals surface area contributed by atoms with Crippen LogP contribution in [0.2, 0.25) is 5.02 Å². The fourth-order valence-electron chi connectivity index (χ4n) is 1.89. The summed E-state index contributed by atoms with van der Waals surface area (Å²) in [5, 5.41) is 9.31. The van der Waals surface area contributed by atoms with E-state index in [-0.39, 0.29) is 0 Å². The smallest absolute Gasteiger partial charge is 0.328 e. The standard InChI is InChI=1S/C17H15ClO3/c1-12-9-15(18)6-7-16(12)21-11-14-4-2-3-13(10-14)5-8-17(19)20/h2-10H,11H2,1H3,(H,19,20). The minimum Gasteiger partial charge on any atom is -0.489 e. The zero-order valence-corrected chi connectivity index (χ0v) is 12.3. The largest absolute Gasteiger partial charge is 0.489 e. The van der Waals surface area contributed by atoms with E-state index in [9.17, 15) is 4.79 Å². The minimum absolute atomic E-state index is 0.414.